The van der Waals surface area contributed by atoms with Gasteiger partial charge in [0.25, 0.3) is 0 Å². The van der Waals surface area contributed by atoms with Crippen molar-refractivity contribution < 1.29 is 15.3 Å². The van der Waals surface area contributed by atoms with Crippen molar-refractivity contribution in [3.63, 3.8) is 0 Å². The van der Waals surface area contributed by atoms with E-state index in [4.69, 9.17) is 0 Å². The highest BCUT2D eigenvalue weighted by molar-refractivity contribution is 5.38. The van der Waals surface area contributed by atoms with E-state index < -0.39 is 0 Å². The second-order valence-corrected chi connectivity index (χ2v) is 5.78. The van der Waals surface area contributed by atoms with Gasteiger partial charge in [0, 0.05) is 5.57 Å². The SMILES string of the molecule is CC(C)(C)C1(C)C=C(CO)C(O)=C(CO)C1. The summed E-state index contributed by atoms with van der Waals surface area (Å²) >= 11 is 0. The van der Waals surface area contributed by atoms with Gasteiger partial charge in [-0.15, -0.1) is 0 Å². The highest BCUT2D eigenvalue weighted by atomic mass is 16.3. The molecule has 1 unspecified atom stereocenters. The average molecular weight is 226 g/mol. The summed E-state index contributed by atoms with van der Waals surface area (Å²) in [6, 6.07) is 0. The number of aliphatic hydroxyl groups excluding tert-OH is 3. The van der Waals surface area contributed by atoms with Gasteiger partial charge in [-0.25, -0.2) is 0 Å². The van der Waals surface area contributed by atoms with Crippen molar-refractivity contribution >= 4 is 0 Å². The lowest BCUT2D eigenvalue weighted by atomic mass is 9.62. The summed E-state index contributed by atoms with van der Waals surface area (Å²) in [4.78, 5) is 0. The fraction of sp³-hybridized carbons (Fsp3) is 0.692. The van der Waals surface area contributed by atoms with Crippen molar-refractivity contribution in [3.8, 4) is 0 Å². The van der Waals surface area contributed by atoms with E-state index in [1.807, 2.05) is 6.08 Å². The molecule has 3 heteroatoms. The minimum Gasteiger partial charge on any atom is -0.508 e. The molecule has 16 heavy (non-hydrogen) atoms. The molecule has 0 heterocycles. The van der Waals surface area contributed by atoms with E-state index in [9.17, 15) is 15.3 Å². The monoisotopic (exact) mass is 226 g/mol. The van der Waals surface area contributed by atoms with Crippen LogP contribution >= 0.6 is 0 Å². The first-order chi connectivity index (χ1) is 7.25. The van der Waals surface area contributed by atoms with Gasteiger partial charge in [0.1, 0.15) is 5.76 Å². The van der Waals surface area contributed by atoms with Gasteiger partial charge in [0.2, 0.25) is 0 Å². The van der Waals surface area contributed by atoms with Crippen molar-refractivity contribution in [2.24, 2.45) is 10.8 Å². The third kappa shape index (κ3) is 2.15. The van der Waals surface area contributed by atoms with Gasteiger partial charge < -0.3 is 15.3 Å². The highest BCUT2D eigenvalue weighted by Crippen LogP contribution is 2.48. The van der Waals surface area contributed by atoms with E-state index in [1.54, 1.807) is 0 Å². The molecular formula is C13H22O3. The minimum absolute atomic E-state index is 0.00847. The van der Waals surface area contributed by atoms with Gasteiger partial charge >= 0.3 is 0 Å². The van der Waals surface area contributed by atoms with Crippen LogP contribution in [0.4, 0.5) is 0 Å². The van der Waals surface area contributed by atoms with Crippen molar-refractivity contribution in [2.45, 2.75) is 34.1 Å². The molecule has 1 atom stereocenters. The predicted molar refractivity (Wildman–Crippen MR) is 64.1 cm³/mol. The molecule has 0 fully saturated rings. The molecule has 1 aliphatic carbocycles. The standard InChI is InChI=1S/C13H22O3/c1-12(2,3)13(4)5-9(7-14)11(16)10(6-13)8-15/h5,14-16H,6-8H2,1-4H3. The summed E-state index contributed by atoms with van der Waals surface area (Å²) in [5.41, 5.74) is 0.987. The molecule has 0 aromatic heterocycles. The number of aliphatic hydroxyl groups is 3. The lowest BCUT2D eigenvalue weighted by Crippen LogP contribution is -2.35. The van der Waals surface area contributed by atoms with Crippen LogP contribution in [0.1, 0.15) is 34.1 Å². The van der Waals surface area contributed by atoms with Crippen LogP contribution in [0.25, 0.3) is 0 Å². The zero-order valence-electron chi connectivity index (χ0n) is 10.5. The summed E-state index contributed by atoms with van der Waals surface area (Å²) in [6.45, 7) is 8.10. The van der Waals surface area contributed by atoms with Gasteiger partial charge in [-0.05, 0) is 22.8 Å². The molecule has 3 N–H and O–H groups in total. The first-order valence-corrected chi connectivity index (χ1v) is 5.60. The fourth-order valence-electron chi connectivity index (χ4n) is 1.99. The fourth-order valence-corrected chi connectivity index (χ4v) is 1.99. The summed E-state index contributed by atoms with van der Waals surface area (Å²) in [7, 11) is 0. The minimum atomic E-state index is -0.193. The van der Waals surface area contributed by atoms with E-state index in [0.29, 0.717) is 17.6 Å². The third-order valence-corrected chi connectivity index (χ3v) is 3.79. The van der Waals surface area contributed by atoms with Gasteiger partial charge in [-0.1, -0.05) is 33.8 Å². The topological polar surface area (TPSA) is 60.7 Å². The molecule has 0 saturated carbocycles. The Bertz CT molecular complexity index is 334. The van der Waals surface area contributed by atoms with Gasteiger partial charge in [0.05, 0.1) is 13.2 Å². The molecule has 0 saturated heterocycles. The Kier molecular flexibility index (Phi) is 3.50. The van der Waals surface area contributed by atoms with Crippen molar-refractivity contribution in [3.05, 3.63) is 23.0 Å². The second kappa shape index (κ2) is 4.22. The van der Waals surface area contributed by atoms with Crippen LogP contribution in [0, 0.1) is 10.8 Å². The first-order valence-electron chi connectivity index (χ1n) is 5.60. The van der Waals surface area contributed by atoms with E-state index >= 15 is 0 Å². The molecule has 3 nitrogen and oxygen atoms in total. The Morgan fingerprint density at radius 3 is 2.19 bits per heavy atom. The zero-order chi connectivity index (χ0) is 12.6. The van der Waals surface area contributed by atoms with E-state index in [1.165, 1.54) is 0 Å². The second-order valence-electron chi connectivity index (χ2n) is 5.78. The average Bonchev–Trinajstić information content (AvgIpc) is 2.19. The lowest BCUT2D eigenvalue weighted by Gasteiger charge is -2.43. The number of hydrogen-bond acceptors (Lipinski definition) is 3. The Morgan fingerprint density at radius 2 is 1.81 bits per heavy atom. The molecule has 0 bridgehead atoms. The molecule has 0 aromatic rings. The van der Waals surface area contributed by atoms with Gasteiger partial charge in [-0.3, -0.25) is 0 Å². The van der Waals surface area contributed by atoms with Crippen LogP contribution in [-0.4, -0.2) is 28.5 Å². The molecule has 1 aliphatic rings. The number of rotatable bonds is 2. The van der Waals surface area contributed by atoms with E-state index in [0.717, 1.165) is 0 Å². The molecule has 0 radical (unpaired) electrons. The quantitative estimate of drug-likeness (QED) is 0.676. The summed E-state index contributed by atoms with van der Waals surface area (Å²) in [5, 5.41) is 28.3. The molecule has 0 spiro atoms. The Morgan fingerprint density at radius 1 is 1.25 bits per heavy atom. The Labute approximate surface area is 97.1 Å². The third-order valence-electron chi connectivity index (χ3n) is 3.79. The van der Waals surface area contributed by atoms with Crippen molar-refractivity contribution in [1.29, 1.82) is 0 Å². The Balaban J connectivity index is 3.20. The molecule has 0 aliphatic heterocycles. The maximum atomic E-state index is 9.82. The van der Waals surface area contributed by atoms with Crippen LogP contribution in [-0.2, 0) is 0 Å². The maximum Gasteiger partial charge on any atom is 0.122 e. The summed E-state index contributed by atoms with van der Waals surface area (Å²) in [5.74, 6) is 0.0618. The number of allylic oxidation sites excluding steroid dienone is 1. The molecular weight excluding hydrogens is 204 g/mol. The Hall–Kier alpha value is -0.800. The van der Waals surface area contributed by atoms with Crippen LogP contribution < -0.4 is 0 Å². The largest absolute Gasteiger partial charge is 0.508 e. The van der Waals surface area contributed by atoms with E-state index in [2.05, 4.69) is 27.7 Å². The molecule has 0 aromatic carbocycles. The van der Waals surface area contributed by atoms with Crippen molar-refractivity contribution in [1.82, 2.24) is 0 Å². The highest BCUT2D eigenvalue weighted by Gasteiger charge is 2.39. The van der Waals surface area contributed by atoms with Gasteiger partial charge in [0.15, 0.2) is 0 Å². The van der Waals surface area contributed by atoms with Crippen LogP contribution in [0.15, 0.2) is 23.0 Å². The summed E-state index contributed by atoms with van der Waals surface area (Å²) in [6.07, 6.45) is 2.56. The lowest BCUT2D eigenvalue weighted by molar-refractivity contribution is 0.148. The molecule has 1 rings (SSSR count). The van der Waals surface area contributed by atoms with Crippen molar-refractivity contribution in [2.75, 3.05) is 13.2 Å². The van der Waals surface area contributed by atoms with Crippen LogP contribution in [0.5, 0.6) is 0 Å². The van der Waals surface area contributed by atoms with Crippen LogP contribution in [0.3, 0.4) is 0 Å². The predicted octanol–water partition coefficient (Wildman–Crippen LogP) is 2.17. The summed E-state index contributed by atoms with van der Waals surface area (Å²) < 4.78 is 0. The maximum absolute atomic E-state index is 9.82. The van der Waals surface area contributed by atoms with Gasteiger partial charge in [-0.2, -0.15) is 0 Å². The molecule has 0 amide bonds. The van der Waals surface area contributed by atoms with Crippen LogP contribution in [0.2, 0.25) is 0 Å². The molecule has 92 valence electrons. The van der Waals surface area contributed by atoms with E-state index in [-0.39, 0.29) is 29.8 Å². The zero-order valence-corrected chi connectivity index (χ0v) is 10.5. The smallest absolute Gasteiger partial charge is 0.122 e. The number of hydrogen-bond donors (Lipinski definition) is 3. The first kappa shape index (κ1) is 13.3. The normalized spacial score (nSPS) is 27.0.